The van der Waals surface area contributed by atoms with E-state index in [2.05, 4.69) is 42.9 Å². The molecule has 0 aromatic heterocycles. The molecule has 0 aromatic carbocycles. The number of carbonyl (C=O) groups excluding carboxylic acids is 2. The fourth-order valence-corrected chi connectivity index (χ4v) is 0.607. The van der Waals surface area contributed by atoms with Crippen molar-refractivity contribution in [3.8, 4) is 0 Å². The van der Waals surface area contributed by atoms with E-state index in [4.69, 9.17) is 4.79 Å². The Kier molecular flexibility index (Phi) is 25.3. The molecular formula is C10H17N2O2W-3. The van der Waals surface area contributed by atoms with E-state index in [0.29, 0.717) is 6.42 Å². The van der Waals surface area contributed by atoms with Crippen molar-refractivity contribution in [2.75, 3.05) is 20.1 Å². The predicted octanol–water partition coefficient (Wildman–Crippen LogP) is 0.0301. The molecule has 0 fully saturated rings. The Bertz CT molecular complexity index is 150. The topological polar surface area (TPSA) is 58.2 Å². The smallest absolute Gasteiger partial charge is 0.189 e. The molecule has 0 bridgehead atoms. The van der Waals surface area contributed by atoms with Gasteiger partial charge in [-0.15, -0.1) is 6.42 Å². The third kappa shape index (κ3) is 19.7. The van der Waals surface area contributed by atoms with Gasteiger partial charge in [0.05, 0.1) is 0 Å². The Morgan fingerprint density at radius 3 is 2.33 bits per heavy atom. The molecule has 1 amide bonds. The molecule has 0 spiro atoms. The molecule has 4 nitrogen and oxygen atoms in total. The monoisotopic (exact) mass is 381 g/mol. The molecule has 0 atom stereocenters. The second-order valence-electron chi connectivity index (χ2n) is 2.25. The Morgan fingerprint density at radius 2 is 2.27 bits per heavy atom. The molecule has 0 aromatic rings. The van der Waals surface area contributed by atoms with Crippen LogP contribution in [0.3, 0.4) is 0 Å². The molecule has 5 heteroatoms. The number of amides is 1. The van der Waals surface area contributed by atoms with Crippen LogP contribution in [-0.4, -0.2) is 32.8 Å². The van der Waals surface area contributed by atoms with Gasteiger partial charge in [0, 0.05) is 28.1 Å². The molecule has 88 valence electrons. The zero-order chi connectivity index (χ0) is 11.2. The van der Waals surface area contributed by atoms with Gasteiger partial charge in [-0.1, -0.05) is 13.1 Å². The second kappa shape index (κ2) is 19.0. The summed E-state index contributed by atoms with van der Waals surface area (Å²) < 4.78 is 0. The van der Waals surface area contributed by atoms with Crippen molar-refractivity contribution >= 4 is 12.7 Å². The first-order valence-corrected chi connectivity index (χ1v) is 4.23. The van der Waals surface area contributed by atoms with Gasteiger partial charge in [-0.3, -0.25) is 11.6 Å². The third-order valence-corrected chi connectivity index (χ3v) is 1.30. The fourth-order valence-electron chi connectivity index (χ4n) is 0.607. The quantitative estimate of drug-likeness (QED) is 0.498. The van der Waals surface area contributed by atoms with Gasteiger partial charge in [0.1, 0.15) is 0 Å². The number of hydrogen-bond donors (Lipinski definition) is 2. The average Bonchev–Trinajstić information content (AvgIpc) is 2.33. The van der Waals surface area contributed by atoms with Crippen LogP contribution in [-0.2, 0) is 30.7 Å². The maximum atomic E-state index is 10.0. The van der Waals surface area contributed by atoms with E-state index in [1.165, 1.54) is 0 Å². The molecule has 15 heavy (non-hydrogen) atoms. The van der Waals surface area contributed by atoms with Gasteiger partial charge in [0.2, 0.25) is 0 Å². The molecule has 1 aliphatic rings. The van der Waals surface area contributed by atoms with Crippen molar-refractivity contribution in [3.63, 3.8) is 0 Å². The van der Waals surface area contributed by atoms with Crippen LogP contribution in [0.2, 0.25) is 0 Å². The molecule has 0 saturated carbocycles. The van der Waals surface area contributed by atoms with E-state index in [-0.39, 0.29) is 27.0 Å². The Labute approximate surface area is 106 Å². The molecule has 1 rings (SSSR count). The Hall–Kier alpha value is -0.602. The summed E-state index contributed by atoms with van der Waals surface area (Å²) in [6, 6.07) is 0. The number of hydrogen-bond acceptors (Lipinski definition) is 3. The van der Waals surface area contributed by atoms with Crippen molar-refractivity contribution in [1.82, 2.24) is 10.6 Å². The molecule has 0 aliphatic carbocycles. The minimum Gasteiger partial charge on any atom is -0.545 e. The van der Waals surface area contributed by atoms with Crippen LogP contribution in [0.1, 0.15) is 6.42 Å². The molecule has 0 radical (unpaired) electrons. The number of carbonyl (C=O) groups is 1. The molecule has 1 heterocycles. The normalized spacial score (nSPS) is 11.3. The van der Waals surface area contributed by atoms with Crippen LogP contribution < -0.4 is 10.6 Å². The minimum atomic E-state index is -0.0185. The summed E-state index contributed by atoms with van der Waals surface area (Å²) >= 11 is 0. The summed E-state index contributed by atoms with van der Waals surface area (Å²) in [5.74, 6) is -0.0185. The third-order valence-electron chi connectivity index (χ3n) is 1.30. The van der Waals surface area contributed by atoms with Gasteiger partial charge in [-0.2, -0.15) is 0 Å². The van der Waals surface area contributed by atoms with Crippen molar-refractivity contribution in [3.05, 3.63) is 25.5 Å². The van der Waals surface area contributed by atoms with Crippen LogP contribution >= 0.6 is 0 Å². The van der Waals surface area contributed by atoms with E-state index in [9.17, 15) is 4.79 Å². The van der Waals surface area contributed by atoms with E-state index in [0.717, 1.165) is 13.1 Å². The first-order chi connectivity index (χ1) is 6.81. The van der Waals surface area contributed by atoms with Crippen molar-refractivity contribution in [2.24, 2.45) is 0 Å². The standard InChI is InChI=1S/C5H8N.C4H8NO.CHO.W/c1-2-4-6-5-3-1;1-3-4(6)5-2;1-2;/h1-3,6H,4-5H2;1,3H2,2H3,(H,5,6);1H;/q3*-1;. The van der Waals surface area contributed by atoms with Gasteiger partial charge in [-0.25, -0.2) is 18.6 Å². The van der Waals surface area contributed by atoms with Gasteiger partial charge in [0.25, 0.3) is 0 Å². The van der Waals surface area contributed by atoms with E-state index in [1.54, 1.807) is 7.05 Å². The van der Waals surface area contributed by atoms with Gasteiger partial charge < -0.3 is 22.4 Å². The van der Waals surface area contributed by atoms with Gasteiger partial charge in [-0.05, 0) is 0 Å². The summed E-state index contributed by atoms with van der Waals surface area (Å²) in [6.45, 7) is 8.67. The molecule has 2 N–H and O–H groups in total. The first kappa shape index (κ1) is 19.9. The Morgan fingerprint density at radius 1 is 1.67 bits per heavy atom. The number of nitrogens with one attached hydrogen (secondary N) is 2. The van der Waals surface area contributed by atoms with E-state index < -0.39 is 0 Å². The van der Waals surface area contributed by atoms with Crippen LogP contribution in [0.15, 0.2) is 12.2 Å². The average molecular weight is 381 g/mol. The van der Waals surface area contributed by atoms with Crippen LogP contribution in [0.4, 0.5) is 0 Å². The summed E-state index contributed by atoms with van der Waals surface area (Å²) in [4.78, 5) is 17.8. The van der Waals surface area contributed by atoms with E-state index >= 15 is 0 Å². The minimum absolute atomic E-state index is 0. The van der Waals surface area contributed by atoms with Crippen molar-refractivity contribution < 1.29 is 30.7 Å². The second-order valence-corrected chi connectivity index (χ2v) is 2.25. The number of rotatable bonds is 1. The maximum absolute atomic E-state index is 10.0. The molecular weight excluding hydrogens is 364 g/mol. The summed E-state index contributed by atoms with van der Waals surface area (Å²) in [7, 11) is 1.59. The van der Waals surface area contributed by atoms with Crippen molar-refractivity contribution in [1.29, 1.82) is 0 Å². The zero-order valence-electron chi connectivity index (χ0n) is 8.86. The zero-order valence-corrected chi connectivity index (χ0v) is 11.8. The molecule has 0 saturated heterocycles. The summed E-state index contributed by atoms with van der Waals surface area (Å²) in [5, 5.41) is 5.56. The van der Waals surface area contributed by atoms with Gasteiger partial charge in [0.15, 0.2) is 5.91 Å². The van der Waals surface area contributed by atoms with Gasteiger partial charge >= 0.3 is 0 Å². The largest absolute Gasteiger partial charge is 0.545 e. The van der Waals surface area contributed by atoms with Crippen molar-refractivity contribution in [2.45, 2.75) is 6.42 Å². The summed E-state index contributed by atoms with van der Waals surface area (Å²) in [5.41, 5.74) is 0. The molecule has 1 aliphatic heterocycles. The fraction of sp³-hybridized carbons (Fsp3) is 0.400. The first-order valence-electron chi connectivity index (χ1n) is 4.23. The predicted molar refractivity (Wildman–Crippen MR) is 57.1 cm³/mol. The summed E-state index contributed by atoms with van der Waals surface area (Å²) in [6.07, 6.45) is 6.61. The maximum Gasteiger partial charge on any atom is 0.189 e. The Balaban J connectivity index is -0.000000156. The SMILES string of the molecule is C1=CCNC[CH-]1.[CH-]=O.[CH2-]CC(=O)NC.[W]. The van der Waals surface area contributed by atoms with Crippen LogP contribution in [0.5, 0.6) is 0 Å². The van der Waals surface area contributed by atoms with Crippen LogP contribution in [0.25, 0.3) is 0 Å². The van der Waals surface area contributed by atoms with E-state index in [1.807, 2.05) is 0 Å². The molecule has 0 unspecified atom stereocenters. The van der Waals surface area contributed by atoms with Crippen LogP contribution in [0, 0.1) is 13.3 Å².